The summed E-state index contributed by atoms with van der Waals surface area (Å²) in [6.45, 7) is 8.36. The first-order valence-electron chi connectivity index (χ1n) is 7.20. The third kappa shape index (κ3) is 2.37. The van der Waals surface area contributed by atoms with Crippen LogP contribution in [-0.4, -0.2) is 23.3 Å². The highest BCUT2D eigenvalue weighted by Crippen LogP contribution is 2.38. The van der Waals surface area contributed by atoms with E-state index in [2.05, 4.69) is 32.7 Å². The van der Waals surface area contributed by atoms with Gasteiger partial charge in [0.15, 0.2) is 0 Å². The lowest BCUT2D eigenvalue weighted by Gasteiger charge is -2.32. The highest BCUT2D eigenvalue weighted by atomic mass is 32.1. The van der Waals surface area contributed by atoms with E-state index in [0.29, 0.717) is 5.92 Å². The van der Waals surface area contributed by atoms with Crippen molar-refractivity contribution in [2.24, 2.45) is 0 Å². The topological polar surface area (TPSA) is 31.4 Å². The van der Waals surface area contributed by atoms with Crippen LogP contribution < -0.4 is 4.78 Å². The monoisotopic (exact) mass is 279 g/mol. The highest BCUT2D eigenvalue weighted by Gasteiger charge is 2.52. The second-order valence-electron chi connectivity index (χ2n) is 6.67. The third-order valence-corrected chi connectivity index (χ3v) is 5.91. The molecular weight excluding hydrogens is 257 g/mol. The Morgan fingerprint density at radius 3 is 2.32 bits per heavy atom. The molecule has 104 valence electrons. The predicted octanol–water partition coefficient (Wildman–Crippen LogP) is 3.10. The summed E-state index contributed by atoms with van der Waals surface area (Å²) in [5.41, 5.74) is -0.537. The average Bonchev–Trinajstić information content (AvgIpc) is 3.00. The molecule has 0 N–H and O–H groups in total. The number of aromatic nitrogens is 1. The van der Waals surface area contributed by atoms with Crippen molar-refractivity contribution in [1.82, 2.24) is 4.98 Å². The maximum atomic E-state index is 6.07. The molecule has 19 heavy (non-hydrogen) atoms. The molecule has 0 amide bonds. The van der Waals surface area contributed by atoms with Crippen LogP contribution in [0.3, 0.4) is 0 Å². The highest BCUT2D eigenvalue weighted by molar-refractivity contribution is 7.22. The molecule has 1 aromatic rings. The summed E-state index contributed by atoms with van der Waals surface area (Å²) < 4.78 is 13.3. The second kappa shape index (κ2) is 4.57. The minimum Gasteiger partial charge on any atom is -0.399 e. The Labute approximate surface area is 119 Å². The molecule has 5 heteroatoms. The van der Waals surface area contributed by atoms with Crippen LogP contribution in [-0.2, 0) is 9.31 Å². The van der Waals surface area contributed by atoms with Gasteiger partial charge in [0.1, 0.15) is 0 Å². The zero-order valence-electron chi connectivity index (χ0n) is 12.2. The Morgan fingerprint density at radius 2 is 1.74 bits per heavy atom. The standard InChI is InChI=1S/C14H22BNO2S/c1-13(2)14(3,4)18-15(17-13)11-9-16-12(19-11)10-7-5-6-8-10/h9-10H,5-8H2,1-4H3. The van der Waals surface area contributed by atoms with Gasteiger partial charge in [0, 0.05) is 12.1 Å². The quantitative estimate of drug-likeness (QED) is 0.779. The zero-order valence-corrected chi connectivity index (χ0v) is 13.0. The number of rotatable bonds is 2. The summed E-state index contributed by atoms with van der Waals surface area (Å²) in [5.74, 6) is 0.668. The SMILES string of the molecule is CC1(C)OB(c2cnc(C3CCCC3)s2)OC1(C)C. The molecule has 1 aliphatic carbocycles. The van der Waals surface area contributed by atoms with Gasteiger partial charge in [-0.05, 0) is 40.5 Å². The molecule has 0 radical (unpaired) electrons. The summed E-state index contributed by atoms with van der Waals surface area (Å²) >= 11 is 1.77. The predicted molar refractivity (Wildman–Crippen MR) is 79.0 cm³/mol. The average molecular weight is 279 g/mol. The minimum atomic E-state index is -0.269. The molecule has 0 unspecified atom stereocenters. The number of hydrogen-bond acceptors (Lipinski definition) is 4. The molecule has 0 spiro atoms. The van der Waals surface area contributed by atoms with Crippen molar-refractivity contribution in [2.45, 2.75) is 70.5 Å². The van der Waals surface area contributed by atoms with Crippen LogP contribution in [0.5, 0.6) is 0 Å². The zero-order chi connectivity index (χ0) is 13.7. The van der Waals surface area contributed by atoms with Gasteiger partial charge < -0.3 is 9.31 Å². The summed E-state index contributed by atoms with van der Waals surface area (Å²) in [7, 11) is -0.252. The molecule has 2 heterocycles. The van der Waals surface area contributed by atoms with Gasteiger partial charge in [0.2, 0.25) is 0 Å². The lowest BCUT2D eigenvalue weighted by Crippen LogP contribution is -2.41. The maximum absolute atomic E-state index is 6.07. The normalized spacial score (nSPS) is 26.2. The Bertz CT molecular complexity index is 450. The summed E-state index contributed by atoms with van der Waals surface area (Å²) in [4.78, 5) is 4.60. The van der Waals surface area contributed by atoms with E-state index < -0.39 is 0 Å². The number of nitrogens with zero attached hydrogens (tertiary/aromatic N) is 1. The molecule has 0 bridgehead atoms. The van der Waals surface area contributed by atoms with Crippen LogP contribution in [0.15, 0.2) is 6.20 Å². The molecule has 3 rings (SSSR count). The van der Waals surface area contributed by atoms with Crippen molar-refractivity contribution in [2.75, 3.05) is 0 Å². The van der Waals surface area contributed by atoms with Crippen LogP contribution in [0.4, 0.5) is 0 Å². The van der Waals surface area contributed by atoms with Crippen LogP contribution in [0.25, 0.3) is 0 Å². The minimum absolute atomic E-state index is 0.252. The fraction of sp³-hybridized carbons (Fsp3) is 0.786. The van der Waals surface area contributed by atoms with Crippen LogP contribution >= 0.6 is 11.3 Å². The number of thiazole rings is 1. The Kier molecular flexibility index (Phi) is 3.27. The second-order valence-corrected chi connectivity index (χ2v) is 7.76. The molecule has 2 aliphatic rings. The smallest absolute Gasteiger partial charge is 0.399 e. The van der Waals surface area contributed by atoms with Crippen molar-refractivity contribution >= 4 is 23.2 Å². The van der Waals surface area contributed by atoms with Gasteiger partial charge in [-0.2, -0.15) is 0 Å². The van der Waals surface area contributed by atoms with Gasteiger partial charge >= 0.3 is 7.12 Å². The van der Waals surface area contributed by atoms with E-state index in [1.807, 2.05) is 6.20 Å². The van der Waals surface area contributed by atoms with E-state index in [-0.39, 0.29) is 18.3 Å². The van der Waals surface area contributed by atoms with Crippen molar-refractivity contribution in [3.05, 3.63) is 11.2 Å². The fourth-order valence-electron chi connectivity index (χ4n) is 2.73. The van der Waals surface area contributed by atoms with Crippen molar-refractivity contribution in [3.63, 3.8) is 0 Å². The molecule has 0 atom stereocenters. The largest absolute Gasteiger partial charge is 0.507 e. The molecule has 1 saturated heterocycles. The van der Waals surface area contributed by atoms with Crippen LogP contribution in [0, 0.1) is 0 Å². The van der Waals surface area contributed by atoms with Gasteiger partial charge in [-0.3, -0.25) is 0 Å². The first kappa shape index (κ1) is 13.6. The molecule has 1 aromatic heterocycles. The van der Waals surface area contributed by atoms with E-state index >= 15 is 0 Å². The molecule has 2 fully saturated rings. The summed E-state index contributed by atoms with van der Waals surface area (Å²) in [5, 5.41) is 1.27. The van der Waals surface area contributed by atoms with Crippen molar-refractivity contribution in [1.29, 1.82) is 0 Å². The van der Waals surface area contributed by atoms with E-state index in [1.165, 1.54) is 30.7 Å². The maximum Gasteiger partial charge on any atom is 0.507 e. The van der Waals surface area contributed by atoms with E-state index in [4.69, 9.17) is 9.31 Å². The van der Waals surface area contributed by atoms with Gasteiger partial charge in [0.25, 0.3) is 0 Å². The first-order chi connectivity index (χ1) is 8.89. The lowest BCUT2D eigenvalue weighted by atomic mass is 9.89. The van der Waals surface area contributed by atoms with Crippen molar-refractivity contribution < 1.29 is 9.31 Å². The lowest BCUT2D eigenvalue weighted by molar-refractivity contribution is 0.00578. The van der Waals surface area contributed by atoms with Crippen molar-refractivity contribution in [3.8, 4) is 0 Å². The van der Waals surface area contributed by atoms with Crippen LogP contribution in [0.2, 0.25) is 0 Å². The Hall–Kier alpha value is -0.385. The molecule has 0 aromatic carbocycles. The van der Waals surface area contributed by atoms with E-state index in [9.17, 15) is 0 Å². The molecular formula is C14H22BNO2S. The molecule has 1 saturated carbocycles. The fourth-order valence-corrected chi connectivity index (χ4v) is 3.78. The Balaban J connectivity index is 1.77. The van der Waals surface area contributed by atoms with E-state index in [0.717, 1.165) is 4.78 Å². The van der Waals surface area contributed by atoms with Gasteiger partial charge in [-0.15, -0.1) is 11.3 Å². The van der Waals surface area contributed by atoms with Gasteiger partial charge in [0.05, 0.1) is 21.0 Å². The van der Waals surface area contributed by atoms with Crippen LogP contribution in [0.1, 0.15) is 64.3 Å². The Morgan fingerprint density at radius 1 is 1.16 bits per heavy atom. The number of hydrogen-bond donors (Lipinski definition) is 0. The van der Waals surface area contributed by atoms with Gasteiger partial charge in [-0.1, -0.05) is 12.8 Å². The van der Waals surface area contributed by atoms with E-state index in [1.54, 1.807) is 11.3 Å². The molecule has 3 nitrogen and oxygen atoms in total. The first-order valence-corrected chi connectivity index (χ1v) is 8.02. The third-order valence-electron chi connectivity index (χ3n) is 4.73. The summed E-state index contributed by atoms with van der Waals surface area (Å²) in [6.07, 6.45) is 7.21. The summed E-state index contributed by atoms with van der Waals surface area (Å²) in [6, 6.07) is 0. The van der Waals surface area contributed by atoms with Gasteiger partial charge in [-0.25, -0.2) is 4.98 Å². The molecule has 1 aliphatic heterocycles.